The number of hydrogen-bond acceptors (Lipinski definition) is 2. The molecule has 1 saturated carbocycles. The monoisotopic (exact) mass is 398 g/mol. The van der Waals surface area contributed by atoms with E-state index in [9.17, 15) is 4.79 Å². The molecule has 2 heterocycles. The third-order valence-electron chi connectivity index (χ3n) is 5.92. The number of benzene rings is 1. The van der Waals surface area contributed by atoms with Gasteiger partial charge in [-0.3, -0.25) is 4.79 Å². The van der Waals surface area contributed by atoms with Gasteiger partial charge in [0.25, 0.3) is 0 Å². The zero-order chi connectivity index (χ0) is 15.2. The second kappa shape index (κ2) is 6.73. The Labute approximate surface area is 152 Å². The van der Waals surface area contributed by atoms with Gasteiger partial charge in [0.1, 0.15) is 0 Å². The van der Waals surface area contributed by atoms with Crippen LogP contribution >= 0.6 is 28.3 Å². The largest absolute Gasteiger partial charge is 0.341 e. The number of nitrogens with zero attached hydrogens (tertiary/aromatic N) is 1. The van der Waals surface area contributed by atoms with Crippen LogP contribution in [0.1, 0.15) is 31.2 Å². The van der Waals surface area contributed by atoms with Crippen molar-refractivity contribution in [3.63, 3.8) is 0 Å². The minimum absolute atomic E-state index is 0. The van der Waals surface area contributed by atoms with Gasteiger partial charge in [-0.25, -0.2) is 0 Å². The summed E-state index contributed by atoms with van der Waals surface area (Å²) in [6, 6.07) is 8.41. The predicted molar refractivity (Wildman–Crippen MR) is 98.0 cm³/mol. The smallest absolute Gasteiger partial charge is 0.233 e. The van der Waals surface area contributed by atoms with Crippen molar-refractivity contribution in [1.29, 1.82) is 0 Å². The summed E-state index contributed by atoms with van der Waals surface area (Å²) in [5, 5.41) is 3.46. The fourth-order valence-corrected chi connectivity index (χ4v) is 5.11. The summed E-state index contributed by atoms with van der Waals surface area (Å²) < 4.78 is 1.08. The highest BCUT2D eigenvalue weighted by molar-refractivity contribution is 9.10. The lowest BCUT2D eigenvalue weighted by molar-refractivity contribution is -0.136. The molecule has 0 unspecified atom stereocenters. The van der Waals surface area contributed by atoms with Crippen LogP contribution in [0.5, 0.6) is 0 Å². The lowest BCUT2D eigenvalue weighted by atomic mass is 9.77. The van der Waals surface area contributed by atoms with Gasteiger partial charge in [0.05, 0.1) is 5.41 Å². The van der Waals surface area contributed by atoms with Crippen LogP contribution in [-0.2, 0) is 10.2 Å². The number of likely N-dealkylation sites (tertiary alicyclic amines) is 1. The van der Waals surface area contributed by atoms with E-state index in [1.54, 1.807) is 0 Å². The summed E-state index contributed by atoms with van der Waals surface area (Å²) in [7, 11) is 0. The molecule has 1 aromatic rings. The van der Waals surface area contributed by atoms with Crippen LogP contribution in [0.2, 0.25) is 0 Å². The first-order valence-corrected chi connectivity index (χ1v) is 9.24. The predicted octanol–water partition coefficient (Wildman–Crippen LogP) is 3.36. The van der Waals surface area contributed by atoms with Crippen LogP contribution in [0.15, 0.2) is 28.7 Å². The van der Waals surface area contributed by atoms with Crippen LogP contribution in [0.3, 0.4) is 0 Å². The molecule has 2 atom stereocenters. The molecule has 0 spiro atoms. The fraction of sp³-hybridized carbons (Fsp3) is 0.611. The Morgan fingerprint density at radius 2 is 1.83 bits per heavy atom. The molecule has 3 fully saturated rings. The molecule has 4 rings (SSSR count). The van der Waals surface area contributed by atoms with Crippen molar-refractivity contribution in [3.05, 3.63) is 34.3 Å². The summed E-state index contributed by atoms with van der Waals surface area (Å²) in [4.78, 5) is 15.6. The van der Waals surface area contributed by atoms with E-state index in [2.05, 4.69) is 44.3 Å². The molecule has 0 aromatic heterocycles. The normalized spacial score (nSPS) is 28.5. The van der Waals surface area contributed by atoms with Gasteiger partial charge < -0.3 is 10.2 Å². The molecule has 1 amide bonds. The Hall–Kier alpha value is -0.580. The van der Waals surface area contributed by atoms with Crippen molar-refractivity contribution in [2.45, 2.75) is 31.1 Å². The van der Waals surface area contributed by atoms with E-state index < -0.39 is 0 Å². The van der Waals surface area contributed by atoms with Gasteiger partial charge in [0.15, 0.2) is 0 Å². The Balaban J connectivity index is 0.00000156. The molecule has 126 valence electrons. The number of nitrogens with one attached hydrogen (secondary N) is 1. The Morgan fingerprint density at radius 1 is 1.17 bits per heavy atom. The summed E-state index contributed by atoms with van der Waals surface area (Å²) in [6.07, 6.45) is 4.35. The van der Waals surface area contributed by atoms with Gasteiger partial charge in [-0.2, -0.15) is 0 Å². The van der Waals surface area contributed by atoms with Crippen LogP contribution in [0, 0.1) is 11.8 Å². The van der Waals surface area contributed by atoms with E-state index in [0.717, 1.165) is 43.5 Å². The average molecular weight is 400 g/mol. The zero-order valence-corrected chi connectivity index (χ0v) is 15.7. The number of halogens is 2. The summed E-state index contributed by atoms with van der Waals surface area (Å²) in [5.74, 6) is 1.73. The van der Waals surface area contributed by atoms with E-state index >= 15 is 0 Å². The molecule has 0 radical (unpaired) electrons. The Kier molecular flexibility index (Phi) is 5.05. The van der Waals surface area contributed by atoms with Crippen LogP contribution < -0.4 is 5.32 Å². The lowest BCUT2D eigenvalue weighted by Crippen LogP contribution is -2.45. The summed E-state index contributed by atoms with van der Waals surface area (Å²) in [5.41, 5.74) is 0.940. The molecule has 1 N–H and O–H groups in total. The molecule has 2 saturated heterocycles. The first kappa shape index (κ1) is 17.2. The number of fused-ring (bicyclic) bond motifs is 1. The second-order valence-corrected chi connectivity index (χ2v) is 8.10. The molecule has 2 aliphatic heterocycles. The van der Waals surface area contributed by atoms with Crippen LogP contribution in [0.4, 0.5) is 0 Å². The maximum Gasteiger partial charge on any atom is 0.233 e. The van der Waals surface area contributed by atoms with E-state index in [1.807, 2.05) is 6.07 Å². The van der Waals surface area contributed by atoms with Crippen molar-refractivity contribution >= 4 is 34.2 Å². The van der Waals surface area contributed by atoms with Gasteiger partial charge in [-0.05, 0) is 42.4 Å². The molecule has 23 heavy (non-hydrogen) atoms. The first-order chi connectivity index (χ1) is 10.7. The summed E-state index contributed by atoms with van der Waals surface area (Å²) >= 11 is 3.57. The number of carbonyl (C=O) groups excluding carboxylic acids is 1. The molecular weight excluding hydrogens is 376 g/mol. The van der Waals surface area contributed by atoms with Gasteiger partial charge >= 0.3 is 0 Å². The number of rotatable bonds is 2. The Bertz CT molecular complexity index is 576. The molecule has 1 aromatic carbocycles. The zero-order valence-electron chi connectivity index (χ0n) is 13.3. The highest BCUT2D eigenvalue weighted by Gasteiger charge is 2.48. The maximum atomic E-state index is 13.4. The number of hydrogen-bond donors (Lipinski definition) is 1. The minimum atomic E-state index is -0.268. The molecular formula is C18H24BrClN2O. The van der Waals surface area contributed by atoms with Crippen molar-refractivity contribution in [2.24, 2.45) is 11.8 Å². The van der Waals surface area contributed by atoms with E-state index in [1.165, 1.54) is 18.4 Å². The fourth-order valence-electron chi connectivity index (χ4n) is 4.71. The quantitative estimate of drug-likeness (QED) is 0.827. The minimum Gasteiger partial charge on any atom is -0.341 e. The average Bonchev–Trinajstić information content (AvgIpc) is 3.22. The highest BCUT2D eigenvalue weighted by atomic mass is 79.9. The number of amides is 1. The lowest BCUT2D eigenvalue weighted by Gasteiger charge is -2.33. The topological polar surface area (TPSA) is 32.3 Å². The van der Waals surface area contributed by atoms with Crippen molar-refractivity contribution < 1.29 is 4.79 Å². The standard InChI is InChI=1S/C18H23BrN2O.ClH/c19-16-5-3-4-15(8-16)18(6-1-2-7-18)17(22)21-11-13-9-20-10-14(13)12-21;/h3-5,8,13-14,20H,1-2,6-7,9-12H2;1H/t13-,14+;. The molecule has 1 aliphatic carbocycles. The van der Waals surface area contributed by atoms with Crippen molar-refractivity contribution in [3.8, 4) is 0 Å². The second-order valence-electron chi connectivity index (χ2n) is 7.19. The third kappa shape index (κ3) is 2.94. The van der Waals surface area contributed by atoms with Crippen LogP contribution in [0.25, 0.3) is 0 Å². The molecule has 0 bridgehead atoms. The van der Waals surface area contributed by atoms with E-state index in [-0.39, 0.29) is 17.8 Å². The highest BCUT2D eigenvalue weighted by Crippen LogP contribution is 2.44. The van der Waals surface area contributed by atoms with Crippen molar-refractivity contribution in [1.82, 2.24) is 10.2 Å². The summed E-state index contributed by atoms with van der Waals surface area (Å²) in [6.45, 7) is 4.06. The van der Waals surface area contributed by atoms with Crippen molar-refractivity contribution in [2.75, 3.05) is 26.2 Å². The first-order valence-electron chi connectivity index (χ1n) is 8.45. The van der Waals surface area contributed by atoms with Crippen LogP contribution in [-0.4, -0.2) is 37.0 Å². The van der Waals surface area contributed by atoms with E-state index in [4.69, 9.17) is 0 Å². The van der Waals surface area contributed by atoms with Gasteiger partial charge in [-0.15, -0.1) is 12.4 Å². The number of carbonyl (C=O) groups is 1. The molecule has 3 nitrogen and oxygen atoms in total. The SMILES string of the molecule is Cl.O=C(N1C[C@H]2CNC[C@H]2C1)C1(c2cccc(Br)c2)CCCC1. The third-order valence-corrected chi connectivity index (χ3v) is 6.41. The maximum absolute atomic E-state index is 13.4. The van der Waals surface area contributed by atoms with Gasteiger partial charge in [0.2, 0.25) is 5.91 Å². The molecule has 5 heteroatoms. The van der Waals surface area contributed by atoms with E-state index in [0.29, 0.717) is 17.7 Å². The van der Waals surface area contributed by atoms with Gasteiger partial charge in [-0.1, -0.05) is 40.9 Å². The van der Waals surface area contributed by atoms with Gasteiger partial charge in [0, 0.05) is 30.7 Å². The molecule has 3 aliphatic rings. The Morgan fingerprint density at radius 3 is 2.43 bits per heavy atom.